The zero-order chi connectivity index (χ0) is 17.5. The molecule has 0 saturated heterocycles. The third-order valence-corrected chi connectivity index (χ3v) is 4.96. The fraction of sp³-hybridized carbons (Fsp3) is 0.250. The van der Waals surface area contributed by atoms with Crippen molar-refractivity contribution in [2.45, 2.75) is 9.79 Å². The van der Waals surface area contributed by atoms with Gasteiger partial charge in [0.25, 0.3) is 5.69 Å². The maximum atomic E-state index is 12.6. The van der Waals surface area contributed by atoms with Crippen molar-refractivity contribution in [3.05, 3.63) is 58.6 Å². The van der Waals surface area contributed by atoms with E-state index in [1.807, 2.05) is 4.90 Å². The van der Waals surface area contributed by atoms with E-state index in [0.717, 1.165) is 5.69 Å². The molecule has 0 aliphatic heterocycles. The largest absolute Gasteiger partial charge is 0.368 e. The molecular weight excluding hydrogens is 355 g/mol. The Morgan fingerprint density at radius 1 is 1.04 bits per heavy atom. The first kappa shape index (κ1) is 18.4. The van der Waals surface area contributed by atoms with Crippen LogP contribution < -0.4 is 4.90 Å². The maximum absolute atomic E-state index is 12.6. The van der Waals surface area contributed by atoms with Crippen LogP contribution in [0, 0.1) is 10.1 Å². The van der Waals surface area contributed by atoms with E-state index in [4.69, 9.17) is 11.6 Å². The van der Waals surface area contributed by atoms with Gasteiger partial charge in [-0.15, -0.1) is 11.6 Å². The molecule has 0 aromatic heterocycles. The number of anilines is 1. The Labute approximate surface area is 146 Å². The Morgan fingerprint density at radius 2 is 1.58 bits per heavy atom. The molecule has 0 radical (unpaired) electrons. The van der Waals surface area contributed by atoms with Crippen LogP contribution >= 0.6 is 11.6 Å². The van der Waals surface area contributed by atoms with Crippen LogP contribution in [0.1, 0.15) is 0 Å². The highest BCUT2D eigenvalue weighted by atomic mass is 35.5. The third-order valence-electron chi connectivity index (χ3n) is 3.39. The molecule has 0 spiro atoms. The second-order valence-corrected chi connectivity index (χ2v) is 6.74. The molecule has 0 saturated carbocycles. The number of non-ortho nitro benzene ring substituents is 1. The first-order chi connectivity index (χ1) is 11.6. The van der Waals surface area contributed by atoms with Crippen molar-refractivity contribution in [3.63, 3.8) is 0 Å². The summed E-state index contributed by atoms with van der Waals surface area (Å²) >= 11 is 5.72. The van der Waals surface area contributed by atoms with Crippen LogP contribution in [0.25, 0.3) is 0 Å². The monoisotopic (exact) mass is 370 g/mol. The zero-order valence-electron chi connectivity index (χ0n) is 12.7. The van der Waals surface area contributed by atoms with Gasteiger partial charge in [-0.25, -0.2) is 8.60 Å². The average molecular weight is 371 g/mol. The molecule has 8 heteroatoms. The molecule has 0 aliphatic carbocycles. The van der Waals surface area contributed by atoms with E-state index in [1.165, 1.54) is 24.3 Å². The maximum Gasteiger partial charge on any atom is 0.269 e. The molecule has 0 N–H and O–H groups in total. The summed E-state index contributed by atoms with van der Waals surface area (Å²) in [5, 5.41) is 10.6. The second-order valence-electron chi connectivity index (χ2n) is 4.88. The smallest absolute Gasteiger partial charge is 0.269 e. The number of nitrogens with zero attached hydrogens (tertiary/aromatic N) is 2. The third kappa shape index (κ3) is 4.52. The summed E-state index contributed by atoms with van der Waals surface area (Å²) in [6.07, 6.45) is 0. The molecular formula is C16H16ClFN2O3S. The summed E-state index contributed by atoms with van der Waals surface area (Å²) in [6.45, 7) is 0.293. The molecule has 0 fully saturated rings. The van der Waals surface area contributed by atoms with Crippen molar-refractivity contribution in [1.82, 2.24) is 0 Å². The number of benzene rings is 2. The van der Waals surface area contributed by atoms with Gasteiger partial charge in [0.15, 0.2) is 0 Å². The van der Waals surface area contributed by atoms with Gasteiger partial charge < -0.3 is 4.90 Å². The van der Waals surface area contributed by atoms with E-state index in [-0.39, 0.29) is 12.2 Å². The van der Waals surface area contributed by atoms with Gasteiger partial charge in [0, 0.05) is 46.6 Å². The summed E-state index contributed by atoms with van der Waals surface area (Å²) in [7, 11) is -1.44. The van der Waals surface area contributed by atoms with Crippen molar-refractivity contribution in [2.24, 2.45) is 0 Å². The molecule has 2 aromatic rings. The minimum atomic E-state index is -1.44. The van der Waals surface area contributed by atoms with Gasteiger partial charge in [0.2, 0.25) is 0 Å². The lowest BCUT2D eigenvalue weighted by Gasteiger charge is -2.22. The lowest BCUT2D eigenvalue weighted by Crippen LogP contribution is -2.27. The molecule has 0 bridgehead atoms. The number of alkyl halides is 2. The molecule has 2 aromatic carbocycles. The Hall–Kier alpha value is -1.99. The van der Waals surface area contributed by atoms with Crippen LogP contribution in [-0.4, -0.2) is 34.8 Å². The number of nitro benzene ring substituents is 1. The summed E-state index contributed by atoms with van der Waals surface area (Å²) in [5.74, 6) is 0.385. The Bertz CT molecular complexity index is 704. The highest BCUT2D eigenvalue weighted by Gasteiger charge is 2.11. The number of nitro groups is 1. The minimum Gasteiger partial charge on any atom is -0.368 e. The molecule has 2 rings (SSSR count). The Balaban J connectivity index is 2.17. The minimum absolute atomic E-state index is 0.0472. The van der Waals surface area contributed by atoms with Gasteiger partial charge in [0.05, 0.1) is 15.7 Å². The van der Waals surface area contributed by atoms with Crippen molar-refractivity contribution in [1.29, 1.82) is 0 Å². The average Bonchev–Trinajstić information content (AvgIpc) is 2.61. The highest BCUT2D eigenvalue weighted by Crippen LogP contribution is 2.22. The van der Waals surface area contributed by atoms with Crippen molar-refractivity contribution >= 4 is 33.8 Å². The molecule has 24 heavy (non-hydrogen) atoms. The van der Waals surface area contributed by atoms with Crippen LogP contribution in [0.2, 0.25) is 0 Å². The van der Waals surface area contributed by atoms with E-state index in [9.17, 15) is 18.7 Å². The van der Waals surface area contributed by atoms with E-state index in [2.05, 4.69) is 0 Å². The molecule has 128 valence electrons. The van der Waals surface area contributed by atoms with E-state index < -0.39 is 22.4 Å². The quantitative estimate of drug-likeness (QED) is 0.403. The normalized spacial score (nSPS) is 11.9. The second kappa shape index (κ2) is 8.75. The zero-order valence-corrected chi connectivity index (χ0v) is 14.3. The molecule has 0 aliphatic rings. The Morgan fingerprint density at radius 3 is 2.04 bits per heavy atom. The summed E-state index contributed by atoms with van der Waals surface area (Å²) in [4.78, 5) is 13.0. The van der Waals surface area contributed by atoms with Gasteiger partial charge in [-0.2, -0.15) is 0 Å². The van der Waals surface area contributed by atoms with E-state index in [1.54, 1.807) is 24.3 Å². The van der Waals surface area contributed by atoms with Crippen LogP contribution in [0.4, 0.5) is 15.8 Å². The lowest BCUT2D eigenvalue weighted by atomic mass is 10.3. The summed E-state index contributed by atoms with van der Waals surface area (Å²) in [5.41, 5.74) is 0.756. The predicted octanol–water partition coefficient (Wildman–Crippen LogP) is 3.78. The van der Waals surface area contributed by atoms with Crippen molar-refractivity contribution in [2.75, 3.05) is 30.5 Å². The van der Waals surface area contributed by atoms with Crippen molar-refractivity contribution in [3.8, 4) is 0 Å². The summed E-state index contributed by atoms with van der Waals surface area (Å²) < 4.78 is 25.1. The van der Waals surface area contributed by atoms with Crippen LogP contribution in [0.15, 0.2) is 58.3 Å². The number of halogens is 2. The van der Waals surface area contributed by atoms with Crippen LogP contribution in [0.3, 0.4) is 0 Å². The topological polar surface area (TPSA) is 63.5 Å². The van der Waals surface area contributed by atoms with Crippen molar-refractivity contribution < 1.29 is 13.5 Å². The van der Waals surface area contributed by atoms with E-state index >= 15 is 0 Å². The lowest BCUT2D eigenvalue weighted by molar-refractivity contribution is -0.384. The van der Waals surface area contributed by atoms with Gasteiger partial charge in [-0.3, -0.25) is 10.1 Å². The number of hydrogen-bond donors (Lipinski definition) is 0. The van der Waals surface area contributed by atoms with Gasteiger partial charge in [0.1, 0.15) is 6.67 Å². The molecule has 0 amide bonds. The first-order valence-corrected chi connectivity index (χ1v) is 8.88. The molecule has 1 atom stereocenters. The predicted molar refractivity (Wildman–Crippen MR) is 93.1 cm³/mol. The fourth-order valence-corrected chi connectivity index (χ4v) is 3.42. The van der Waals surface area contributed by atoms with E-state index in [0.29, 0.717) is 22.2 Å². The number of hydrogen-bond acceptors (Lipinski definition) is 4. The highest BCUT2D eigenvalue weighted by molar-refractivity contribution is 7.85. The Kier molecular flexibility index (Phi) is 6.69. The van der Waals surface area contributed by atoms with Gasteiger partial charge in [-0.05, 0) is 36.4 Å². The van der Waals surface area contributed by atoms with Crippen LogP contribution in [-0.2, 0) is 10.8 Å². The SMILES string of the molecule is O=[N+]([O-])c1ccc(S(=O)c2ccc(N(CCF)CCCl)cc2)cc1. The standard InChI is InChI=1S/C16H16ClFN2O3S/c17-9-11-19(12-10-18)13-1-5-15(6-2-13)24(23)16-7-3-14(4-8-16)20(21)22/h1-8H,9-12H2. The molecule has 5 nitrogen and oxygen atoms in total. The number of rotatable bonds is 8. The fourth-order valence-electron chi connectivity index (χ4n) is 2.18. The first-order valence-electron chi connectivity index (χ1n) is 7.20. The molecule has 0 heterocycles. The van der Waals surface area contributed by atoms with Gasteiger partial charge in [-0.1, -0.05) is 0 Å². The summed E-state index contributed by atoms with van der Waals surface area (Å²) in [6, 6.07) is 12.5. The molecule has 1 unspecified atom stereocenters. The van der Waals surface area contributed by atoms with Gasteiger partial charge >= 0.3 is 0 Å². The van der Waals surface area contributed by atoms with Crippen LogP contribution in [0.5, 0.6) is 0 Å².